The summed E-state index contributed by atoms with van der Waals surface area (Å²) in [7, 11) is 1.55. The molecule has 8 nitrogen and oxygen atoms in total. The van der Waals surface area contributed by atoms with Gasteiger partial charge in [-0.25, -0.2) is 4.68 Å². The Morgan fingerprint density at radius 3 is 2.63 bits per heavy atom. The van der Waals surface area contributed by atoms with Crippen LogP contribution >= 0.6 is 11.6 Å². The number of phenols is 1. The summed E-state index contributed by atoms with van der Waals surface area (Å²) in [6.07, 6.45) is 0. The minimum absolute atomic E-state index is 0.127. The molecule has 3 aromatic carbocycles. The fourth-order valence-corrected chi connectivity index (χ4v) is 4.29. The highest BCUT2D eigenvalue weighted by Gasteiger charge is 2.34. The molecule has 1 atom stereocenters. The summed E-state index contributed by atoms with van der Waals surface area (Å²) in [5.41, 5.74) is 3.15. The lowest BCUT2D eigenvalue weighted by Crippen LogP contribution is -2.31. The second kappa shape index (κ2) is 9.15. The summed E-state index contributed by atoms with van der Waals surface area (Å²) in [5, 5.41) is 21.3. The van der Waals surface area contributed by atoms with Crippen LogP contribution in [0.3, 0.4) is 0 Å². The largest absolute Gasteiger partial charge is 0.508 e. The van der Waals surface area contributed by atoms with Crippen molar-refractivity contribution in [1.82, 2.24) is 14.8 Å². The smallest absolute Gasteiger partial charge is 0.255 e. The molecule has 1 amide bonds. The minimum Gasteiger partial charge on any atom is -0.508 e. The van der Waals surface area contributed by atoms with Crippen LogP contribution < -0.4 is 15.4 Å². The number of phenolic OH excluding ortho intramolecular Hbond substituents is 1. The number of benzene rings is 3. The van der Waals surface area contributed by atoms with Crippen LogP contribution in [0.4, 0.5) is 11.6 Å². The van der Waals surface area contributed by atoms with Crippen molar-refractivity contribution in [1.29, 1.82) is 0 Å². The van der Waals surface area contributed by atoms with Crippen molar-refractivity contribution in [2.24, 2.45) is 0 Å². The van der Waals surface area contributed by atoms with E-state index < -0.39 is 6.04 Å². The van der Waals surface area contributed by atoms with Crippen molar-refractivity contribution in [3.05, 3.63) is 94.7 Å². The van der Waals surface area contributed by atoms with Gasteiger partial charge in [0.15, 0.2) is 5.82 Å². The van der Waals surface area contributed by atoms with Crippen LogP contribution in [0.15, 0.2) is 84.1 Å². The van der Waals surface area contributed by atoms with Crippen molar-refractivity contribution in [2.45, 2.75) is 13.0 Å². The molecule has 1 aliphatic rings. The third-order valence-corrected chi connectivity index (χ3v) is 5.98. The number of carbonyl (C=O) groups is 1. The topological polar surface area (TPSA) is 101 Å². The van der Waals surface area contributed by atoms with Crippen molar-refractivity contribution < 1.29 is 14.6 Å². The van der Waals surface area contributed by atoms with Crippen molar-refractivity contribution in [3.63, 3.8) is 0 Å². The number of hydrogen-bond acceptors (Lipinski definition) is 6. The van der Waals surface area contributed by atoms with Crippen LogP contribution in [0.1, 0.15) is 18.5 Å². The number of halogens is 1. The predicted octanol–water partition coefficient (Wildman–Crippen LogP) is 5.24. The molecule has 0 aliphatic carbocycles. The van der Waals surface area contributed by atoms with E-state index in [1.807, 2.05) is 31.2 Å². The summed E-state index contributed by atoms with van der Waals surface area (Å²) in [4.78, 5) is 18.3. The zero-order valence-electron chi connectivity index (χ0n) is 19.0. The molecule has 1 aliphatic heterocycles. The van der Waals surface area contributed by atoms with Gasteiger partial charge >= 0.3 is 0 Å². The Bertz CT molecular complexity index is 1450. The average molecular weight is 488 g/mol. The number of hydrogen-bond donors (Lipinski definition) is 3. The molecule has 35 heavy (non-hydrogen) atoms. The van der Waals surface area contributed by atoms with Gasteiger partial charge in [-0.15, -0.1) is 5.10 Å². The lowest BCUT2D eigenvalue weighted by atomic mass is 9.95. The third-order valence-electron chi connectivity index (χ3n) is 5.74. The third kappa shape index (κ3) is 4.31. The molecule has 2 heterocycles. The summed E-state index contributed by atoms with van der Waals surface area (Å²) in [5.74, 6) is 1.32. The van der Waals surface area contributed by atoms with Gasteiger partial charge in [0, 0.05) is 16.3 Å². The number of aromatic hydroxyl groups is 1. The molecule has 176 valence electrons. The number of carbonyl (C=O) groups excluding carboxylic acids is 1. The normalized spacial score (nSPS) is 14.8. The Labute approximate surface area is 206 Å². The second-order valence-corrected chi connectivity index (χ2v) is 8.46. The Kier molecular flexibility index (Phi) is 5.88. The van der Waals surface area contributed by atoms with Gasteiger partial charge < -0.3 is 20.5 Å². The standard InChI is InChI=1S/C26H22ClN5O3/c1-15-22(25(34)29-20-8-3-4-9-21(20)35-2)23(16-10-12-19(33)13-11-16)32-26(28-15)30-24(31-32)17-6-5-7-18(27)14-17/h3-14,23,33H,1-2H3,(H,29,34)(H,28,30,31)/t23-/m0/s1. The summed E-state index contributed by atoms with van der Waals surface area (Å²) in [6, 6.07) is 20.6. The van der Waals surface area contributed by atoms with E-state index in [2.05, 4.69) is 15.6 Å². The maximum absolute atomic E-state index is 13.6. The molecule has 0 saturated heterocycles. The van der Waals surface area contributed by atoms with Crippen LogP contribution in [-0.2, 0) is 4.79 Å². The SMILES string of the molecule is COc1ccccc1NC(=O)C1=C(C)Nc2nc(-c3cccc(Cl)c3)nn2[C@H]1c1ccc(O)cc1. The quantitative estimate of drug-likeness (QED) is 0.356. The van der Waals surface area contributed by atoms with E-state index in [-0.39, 0.29) is 11.7 Å². The molecule has 9 heteroatoms. The van der Waals surface area contributed by atoms with Crippen molar-refractivity contribution in [2.75, 3.05) is 17.7 Å². The van der Waals surface area contributed by atoms with Crippen LogP contribution in [0, 0.1) is 0 Å². The van der Waals surface area contributed by atoms with Gasteiger partial charge in [0.25, 0.3) is 5.91 Å². The second-order valence-electron chi connectivity index (χ2n) is 8.03. The Hall–Kier alpha value is -4.30. The Balaban J connectivity index is 1.60. The number of aromatic nitrogens is 3. The molecule has 0 fully saturated rings. The Morgan fingerprint density at radius 1 is 1.11 bits per heavy atom. The van der Waals surface area contributed by atoms with Crippen LogP contribution in [0.25, 0.3) is 11.4 Å². The van der Waals surface area contributed by atoms with Crippen molar-refractivity contribution in [3.8, 4) is 22.9 Å². The first-order chi connectivity index (χ1) is 16.9. The van der Waals surface area contributed by atoms with E-state index in [9.17, 15) is 9.90 Å². The first-order valence-corrected chi connectivity index (χ1v) is 11.3. The highest BCUT2D eigenvalue weighted by molar-refractivity contribution is 6.30. The first-order valence-electron chi connectivity index (χ1n) is 10.9. The minimum atomic E-state index is -0.595. The van der Waals surface area contributed by atoms with Crippen LogP contribution in [0.5, 0.6) is 11.5 Å². The Morgan fingerprint density at radius 2 is 1.89 bits per heavy atom. The number of ether oxygens (including phenoxy) is 1. The van der Waals surface area contributed by atoms with E-state index in [0.29, 0.717) is 39.5 Å². The predicted molar refractivity (Wildman–Crippen MR) is 135 cm³/mol. The number of para-hydroxylation sites is 2. The summed E-state index contributed by atoms with van der Waals surface area (Å²) >= 11 is 6.18. The monoisotopic (exact) mass is 487 g/mol. The van der Waals surface area contributed by atoms with Gasteiger partial charge in [0.05, 0.1) is 18.4 Å². The number of nitrogens with one attached hydrogen (secondary N) is 2. The van der Waals surface area contributed by atoms with E-state index in [1.165, 1.54) is 0 Å². The van der Waals surface area contributed by atoms with Gasteiger partial charge in [-0.2, -0.15) is 4.98 Å². The van der Waals surface area contributed by atoms with Crippen molar-refractivity contribution >= 4 is 29.1 Å². The lowest BCUT2D eigenvalue weighted by molar-refractivity contribution is -0.113. The van der Waals surface area contributed by atoms with Gasteiger partial charge in [-0.3, -0.25) is 4.79 Å². The molecule has 0 bridgehead atoms. The molecular weight excluding hydrogens is 466 g/mol. The summed E-state index contributed by atoms with van der Waals surface area (Å²) in [6.45, 7) is 1.82. The molecule has 1 aromatic heterocycles. The molecular formula is C26H22ClN5O3. The highest BCUT2D eigenvalue weighted by Crippen LogP contribution is 2.38. The molecule has 3 N–H and O–H groups in total. The number of amides is 1. The number of anilines is 2. The molecule has 0 spiro atoms. The van der Waals surface area contributed by atoms with E-state index >= 15 is 0 Å². The number of methoxy groups -OCH3 is 1. The van der Waals surface area contributed by atoms with Gasteiger partial charge in [0.2, 0.25) is 5.95 Å². The fourth-order valence-electron chi connectivity index (χ4n) is 4.10. The maximum Gasteiger partial charge on any atom is 0.255 e. The lowest BCUT2D eigenvalue weighted by Gasteiger charge is -2.28. The number of allylic oxidation sites excluding steroid dienone is 1. The van der Waals surface area contributed by atoms with Gasteiger partial charge in [-0.05, 0) is 48.9 Å². The van der Waals surface area contributed by atoms with Gasteiger partial charge in [-0.1, -0.05) is 48.0 Å². The van der Waals surface area contributed by atoms with E-state index in [0.717, 1.165) is 11.1 Å². The zero-order chi connectivity index (χ0) is 24.5. The highest BCUT2D eigenvalue weighted by atomic mass is 35.5. The summed E-state index contributed by atoms with van der Waals surface area (Å²) < 4.78 is 7.06. The molecule has 0 radical (unpaired) electrons. The maximum atomic E-state index is 13.6. The number of fused-ring (bicyclic) bond motifs is 1. The number of nitrogens with zero attached hydrogens (tertiary/aromatic N) is 3. The zero-order valence-corrected chi connectivity index (χ0v) is 19.7. The van der Waals surface area contributed by atoms with Crippen LogP contribution in [0.2, 0.25) is 5.02 Å². The van der Waals surface area contributed by atoms with E-state index in [4.69, 9.17) is 21.4 Å². The first kappa shape index (κ1) is 22.5. The number of rotatable bonds is 5. The molecule has 0 saturated carbocycles. The van der Waals surface area contributed by atoms with Crippen LogP contribution in [-0.4, -0.2) is 32.9 Å². The molecule has 5 rings (SSSR count). The van der Waals surface area contributed by atoms with E-state index in [1.54, 1.807) is 60.3 Å². The average Bonchev–Trinajstić information content (AvgIpc) is 3.28. The van der Waals surface area contributed by atoms with Gasteiger partial charge in [0.1, 0.15) is 17.5 Å². The molecule has 0 unspecified atom stereocenters. The fraction of sp³-hybridized carbons (Fsp3) is 0.115. The molecule has 4 aromatic rings.